The van der Waals surface area contributed by atoms with Crippen LogP contribution in [0.1, 0.15) is 16.2 Å². The van der Waals surface area contributed by atoms with Gasteiger partial charge >= 0.3 is 0 Å². The second kappa shape index (κ2) is 6.07. The van der Waals surface area contributed by atoms with Gasteiger partial charge < -0.3 is 25.0 Å². The fourth-order valence-electron chi connectivity index (χ4n) is 1.63. The average molecular weight is 277 g/mol. The van der Waals surface area contributed by atoms with Crippen LogP contribution < -0.4 is 15.8 Å². The smallest absolute Gasteiger partial charge is 0.277 e. The number of carbonyl (C=O) groups excluding carboxylic acids is 1. The van der Waals surface area contributed by atoms with Gasteiger partial charge in [-0.25, -0.2) is 0 Å². The molecule has 0 aliphatic carbocycles. The Labute approximate surface area is 115 Å². The molecule has 3 N–H and O–H groups in total. The molecule has 20 heavy (non-hydrogen) atoms. The van der Waals surface area contributed by atoms with Gasteiger partial charge in [0.25, 0.3) is 5.91 Å². The van der Waals surface area contributed by atoms with Crippen molar-refractivity contribution in [1.29, 1.82) is 0 Å². The second-order valence-corrected chi connectivity index (χ2v) is 4.03. The standard InChI is InChI=1S/C13H15N3O4/c1-18-7-9-6-11(16-20-9)13(17)15-10-4-3-8(14)5-12(10)19-2/h3-6H,7,14H2,1-2H3,(H,15,17). The van der Waals surface area contributed by atoms with Crippen molar-refractivity contribution in [2.45, 2.75) is 6.61 Å². The Bertz CT molecular complexity index is 609. The van der Waals surface area contributed by atoms with Crippen LogP contribution in [0.5, 0.6) is 5.75 Å². The number of nitrogens with one attached hydrogen (secondary N) is 1. The van der Waals surface area contributed by atoms with Crippen molar-refractivity contribution in [1.82, 2.24) is 5.16 Å². The Morgan fingerprint density at radius 3 is 2.90 bits per heavy atom. The molecule has 1 aromatic heterocycles. The lowest BCUT2D eigenvalue weighted by atomic mass is 10.2. The molecule has 0 atom stereocenters. The molecule has 0 radical (unpaired) electrons. The van der Waals surface area contributed by atoms with Crippen LogP contribution in [0.15, 0.2) is 28.8 Å². The van der Waals surface area contributed by atoms with Gasteiger partial charge in [0, 0.05) is 24.9 Å². The van der Waals surface area contributed by atoms with Gasteiger partial charge in [0.2, 0.25) is 0 Å². The minimum atomic E-state index is -0.404. The minimum Gasteiger partial charge on any atom is -0.494 e. The number of nitrogens with two attached hydrogens (primary N) is 1. The molecule has 0 unspecified atom stereocenters. The lowest BCUT2D eigenvalue weighted by molar-refractivity contribution is 0.101. The summed E-state index contributed by atoms with van der Waals surface area (Å²) in [5, 5.41) is 6.35. The van der Waals surface area contributed by atoms with Crippen molar-refractivity contribution in [3.05, 3.63) is 35.7 Å². The Morgan fingerprint density at radius 2 is 2.20 bits per heavy atom. The summed E-state index contributed by atoms with van der Waals surface area (Å²) in [6.07, 6.45) is 0. The Balaban J connectivity index is 2.14. The van der Waals surface area contributed by atoms with E-state index in [1.165, 1.54) is 20.3 Å². The number of aromatic nitrogens is 1. The van der Waals surface area contributed by atoms with Gasteiger partial charge in [0.15, 0.2) is 11.5 Å². The highest BCUT2D eigenvalue weighted by molar-refractivity contribution is 6.03. The van der Waals surface area contributed by atoms with E-state index >= 15 is 0 Å². The van der Waals surface area contributed by atoms with Crippen LogP contribution in [0, 0.1) is 0 Å². The van der Waals surface area contributed by atoms with E-state index in [0.29, 0.717) is 22.9 Å². The Hall–Kier alpha value is -2.54. The second-order valence-electron chi connectivity index (χ2n) is 4.03. The Morgan fingerprint density at radius 1 is 1.40 bits per heavy atom. The van der Waals surface area contributed by atoms with Crippen molar-refractivity contribution in [3.63, 3.8) is 0 Å². The monoisotopic (exact) mass is 277 g/mol. The summed E-state index contributed by atoms with van der Waals surface area (Å²) in [4.78, 5) is 12.0. The number of hydrogen-bond acceptors (Lipinski definition) is 6. The van der Waals surface area contributed by atoms with Gasteiger partial charge in [-0.1, -0.05) is 5.16 Å². The summed E-state index contributed by atoms with van der Waals surface area (Å²) in [6.45, 7) is 0.255. The number of methoxy groups -OCH3 is 2. The topological polar surface area (TPSA) is 99.6 Å². The van der Waals surface area contributed by atoms with Gasteiger partial charge in [-0.2, -0.15) is 0 Å². The summed E-state index contributed by atoms with van der Waals surface area (Å²) in [7, 11) is 3.03. The number of nitrogens with zero attached hydrogens (tertiary/aromatic N) is 1. The lowest BCUT2D eigenvalue weighted by Gasteiger charge is -2.09. The molecule has 0 fully saturated rings. The zero-order valence-corrected chi connectivity index (χ0v) is 11.2. The minimum absolute atomic E-state index is 0.163. The molecule has 0 saturated carbocycles. The van der Waals surface area contributed by atoms with E-state index in [4.69, 9.17) is 19.7 Å². The predicted molar refractivity (Wildman–Crippen MR) is 72.6 cm³/mol. The van der Waals surface area contributed by atoms with Crippen LogP contribution in [0.2, 0.25) is 0 Å². The van der Waals surface area contributed by atoms with Crippen molar-refractivity contribution in [3.8, 4) is 5.75 Å². The average Bonchev–Trinajstić information content (AvgIpc) is 2.90. The third-order valence-electron chi connectivity index (χ3n) is 2.55. The van der Waals surface area contributed by atoms with E-state index in [0.717, 1.165) is 0 Å². The van der Waals surface area contributed by atoms with E-state index < -0.39 is 5.91 Å². The summed E-state index contributed by atoms with van der Waals surface area (Å²) >= 11 is 0. The van der Waals surface area contributed by atoms with Crippen LogP contribution >= 0.6 is 0 Å². The first-order valence-corrected chi connectivity index (χ1v) is 5.83. The molecular formula is C13H15N3O4. The molecule has 0 bridgehead atoms. The number of benzene rings is 1. The van der Waals surface area contributed by atoms with Crippen LogP contribution in [-0.4, -0.2) is 25.3 Å². The van der Waals surface area contributed by atoms with Crippen LogP contribution in [-0.2, 0) is 11.3 Å². The van der Waals surface area contributed by atoms with Crippen LogP contribution in [0.4, 0.5) is 11.4 Å². The van der Waals surface area contributed by atoms with Crippen LogP contribution in [0.25, 0.3) is 0 Å². The number of nitrogen functional groups attached to an aromatic ring is 1. The number of carbonyl (C=O) groups is 1. The highest BCUT2D eigenvalue weighted by Gasteiger charge is 2.14. The van der Waals surface area contributed by atoms with Crippen LogP contribution in [0.3, 0.4) is 0 Å². The molecule has 7 nitrogen and oxygen atoms in total. The maximum atomic E-state index is 12.0. The van der Waals surface area contributed by atoms with Gasteiger partial charge in [-0.3, -0.25) is 4.79 Å². The molecule has 2 rings (SSSR count). The maximum absolute atomic E-state index is 12.0. The first-order chi connectivity index (χ1) is 9.63. The summed E-state index contributed by atoms with van der Waals surface area (Å²) in [6, 6.07) is 6.46. The van der Waals surface area contributed by atoms with E-state index in [9.17, 15) is 4.79 Å². The first-order valence-electron chi connectivity index (χ1n) is 5.83. The Kier molecular flexibility index (Phi) is 4.21. The molecular weight excluding hydrogens is 262 g/mol. The van der Waals surface area contributed by atoms with E-state index in [-0.39, 0.29) is 12.3 Å². The highest BCUT2D eigenvalue weighted by atomic mass is 16.5. The number of ether oxygens (including phenoxy) is 2. The highest BCUT2D eigenvalue weighted by Crippen LogP contribution is 2.27. The molecule has 2 aromatic rings. The van der Waals surface area contributed by atoms with Gasteiger partial charge in [-0.15, -0.1) is 0 Å². The molecule has 1 aromatic carbocycles. The first kappa shape index (κ1) is 13.9. The quantitative estimate of drug-likeness (QED) is 0.806. The van der Waals surface area contributed by atoms with Crippen molar-refractivity contribution >= 4 is 17.3 Å². The molecule has 0 aliphatic heterocycles. The number of anilines is 2. The van der Waals surface area contributed by atoms with Gasteiger partial charge in [-0.05, 0) is 12.1 Å². The lowest BCUT2D eigenvalue weighted by Crippen LogP contribution is -2.13. The van der Waals surface area contributed by atoms with E-state index in [2.05, 4.69) is 10.5 Å². The number of rotatable bonds is 5. The zero-order valence-electron chi connectivity index (χ0n) is 11.2. The zero-order chi connectivity index (χ0) is 14.5. The molecule has 106 valence electrons. The fraction of sp³-hybridized carbons (Fsp3) is 0.231. The van der Waals surface area contributed by atoms with E-state index in [1.807, 2.05) is 0 Å². The molecule has 7 heteroatoms. The van der Waals surface area contributed by atoms with Gasteiger partial charge in [0.1, 0.15) is 12.4 Å². The third kappa shape index (κ3) is 3.07. The van der Waals surface area contributed by atoms with Crippen molar-refractivity contribution in [2.75, 3.05) is 25.3 Å². The third-order valence-corrected chi connectivity index (χ3v) is 2.55. The number of hydrogen-bond donors (Lipinski definition) is 2. The van der Waals surface area contributed by atoms with Gasteiger partial charge in [0.05, 0.1) is 12.8 Å². The predicted octanol–water partition coefficient (Wildman–Crippen LogP) is 1.66. The molecule has 1 amide bonds. The van der Waals surface area contributed by atoms with Crippen molar-refractivity contribution in [2.24, 2.45) is 0 Å². The maximum Gasteiger partial charge on any atom is 0.277 e. The summed E-state index contributed by atoms with van der Waals surface area (Å²) in [5.74, 6) is 0.542. The number of amides is 1. The fourth-order valence-corrected chi connectivity index (χ4v) is 1.63. The SMILES string of the molecule is COCc1cc(C(=O)Nc2ccc(N)cc2OC)no1. The largest absolute Gasteiger partial charge is 0.494 e. The van der Waals surface area contributed by atoms with E-state index in [1.54, 1.807) is 18.2 Å². The molecule has 0 aliphatic rings. The van der Waals surface area contributed by atoms with Crippen molar-refractivity contribution < 1.29 is 18.8 Å². The molecule has 0 saturated heterocycles. The summed E-state index contributed by atoms with van der Waals surface area (Å²) < 4.78 is 15.0. The molecule has 0 spiro atoms. The normalized spacial score (nSPS) is 10.3. The summed E-state index contributed by atoms with van der Waals surface area (Å²) in [5.41, 5.74) is 6.86. The molecule has 1 heterocycles.